The average Bonchev–Trinajstić information content (AvgIpc) is 2.58. The molecule has 0 saturated carbocycles. The molecule has 0 fully saturated rings. The monoisotopic (exact) mass is 435 g/mol. The van der Waals surface area contributed by atoms with Gasteiger partial charge in [-0.25, -0.2) is 14.2 Å². The standard InChI is InChI=1S/C15H9Cl4N3O2S/c1-24-15-14(20-10-5-8(17)9(18)6-11(10)21-15)22-25(23)12-4-2-3-7(16)13(12)19/h2-6H,1H3,(H,20,22). The second kappa shape index (κ2) is 7.51. The maximum absolute atomic E-state index is 12.6. The molecule has 1 atom stereocenters. The predicted molar refractivity (Wildman–Crippen MR) is 103 cm³/mol. The number of anilines is 1. The maximum Gasteiger partial charge on any atom is 0.258 e. The minimum absolute atomic E-state index is 0.150. The summed E-state index contributed by atoms with van der Waals surface area (Å²) >= 11 is 24.1. The van der Waals surface area contributed by atoms with Crippen molar-refractivity contribution in [2.75, 3.05) is 11.8 Å². The Balaban J connectivity index is 2.04. The van der Waals surface area contributed by atoms with E-state index in [1.807, 2.05) is 0 Å². The quantitative estimate of drug-likeness (QED) is 0.595. The van der Waals surface area contributed by atoms with Crippen LogP contribution in [-0.2, 0) is 11.0 Å². The lowest BCUT2D eigenvalue weighted by Crippen LogP contribution is -2.09. The Labute approximate surface area is 165 Å². The van der Waals surface area contributed by atoms with Crippen LogP contribution in [0.2, 0.25) is 20.1 Å². The summed E-state index contributed by atoms with van der Waals surface area (Å²) in [6, 6.07) is 7.98. The summed E-state index contributed by atoms with van der Waals surface area (Å²) in [5.41, 5.74) is 0.954. The molecule has 0 saturated heterocycles. The predicted octanol–water partition coefficient (Wildman–Crippen LogP) is 5.39. The van der Waals surface area contributed by atoms with E-state index in [2.05, 4.69) is 14.7 Å². The van der Waals surface area contributed by atoms with Gasteiger partial charge in [-0.1, -0.05) is 52.5 Å². The summed E-state index contributed by atoms with van der Waals surface area (Å²) in [6.07, 6.45) is 0. The maximum atomic E-state index is 12.6. The molecule has 1 N–H and O–H groups in total. The van der Waals surface area contributed by atoms with Gasteiger partial charge in [0.15, 0.2) is 11.0 Å². The molecule has 0 amide bonds. The Hall–Kier alpha value is -1.31. The van der Waals surface area contributed by atoms with Crippen molar-refractivity contribution in [3.05, 3.63) is 50.4 Å². The van der Waals surface area contributed by atoms with Crippen LogP contribution in [0.5, 0.6) is 5.88 Å². The van der Waals surface area contributed by atoms with Crippen LogP contribution in [0.15, 0.2) is 35.2 Å². The topological polar surface area (TPSA) is 64.1 Å². The molecule has 0 aliphatic heterocycles. The van der Waals surface area contributed by atoms with Crippen LogP contribution in [-0.4, -0.2) is 21.3 Å². The Morgan fingerprint density at radius 1 is 1.00 bits per heavy atom. The van der Waals surface area contributed by atoms with E-state index in [0.717, 1.165) is 0 Å². The fourth-order valence-electron chi connectivity index (χ4n) is 2.01. The third kappa shape index (κ3) is 3.78. The molecular formula is C15H9Cl4N3O2S. The SMILES string of the molecule is COc1nc2cc(Cl)c(Cl)cc2nc1NS(=O)c1cccc(Cl)c1Cl. The van der Waals surface area contributed by atoms with Crippen LogP contribution >= 0.6 is 46.4 Å². The summed E-state index contributed by atoms with van der Waals surface area (Å²) in [5, 5.41) is 1.17. The van der Waals surface area contributed by atoms with Gasteiger partial charge in [0.05, 0.1) is 43.1 Å². The molecule has 130 valence electrons. The van der Waals surface area contributed by atoms with E-state index in [1.54, 1.807) is 30.3 Å². The van der Waals surface area contributed by atoms with Crippen molar-refractivity contribution in [2.24, 2.45) is 0 Å². The molecule has 0 bridgehead atoms. The highest BCUT2D eigenvalue weighted by Gasteiger charge is 2.17. The van der Waals surface area contributed by atoms with Crippen LogP contribution in [0.25, 0.3) is 11.0 Å². The third-order valence-corrected chi connectivity index (χ3v) is 5.94. The Kier molecular flexibility index (Phi) is 5.55. The van der Waals surface area contributed by atoms with E-state index in [-0.39, 0.29) is 16.7 Å². The number of benzene rings is 2. The van der Waals surface area contributed by atoms with Gasteiger partial charge in [0.2, 0.25) is 5.82 Å². The van der Waals surface area contributed by atoms with E-state index < -0.39 is 11.0 Å². The Bertz CT molecular complexity index is 1000. The molecule has 1 heterocycles. The smallest absolute Gasteiger partial charge is 0.258 e. The van der Waals surface area contributed by atoms with Gasteiger partial charge >= 0.3 is 0 Å². The number of aromatic nitrogens is 2. The highest BCUT2D eigenvalue weighted by Crippen LogP contribution is 2.32. The number of rotatable bonds is 4. The number of ether oxygens (including phenoxy) is 1. The number of fused-ring (bicyclic) bond motifs is 1. The van der Waals surface area contributed by atoms with Crippen molar-refractivity contribution in [1.29, 1.82) is 0 Å². The fourth-order valence-corrected chi connectivity index (χ4v) is 3.79. The second-order valence-electron chi connectivity index (χ2n) is 4.76. The van der Waals surface area contributed by atoms with Crippen LogP contribution in [0.3, 0.4) is 0 Å². The second-order valence-corrected chi connectivity index (χ2v) is 7.54. The van der Waals surface area contributed by atoms with Gasteiger partial charge < -0.3 is 4.74 Å². The van der Waals surface area contributed by atoms with E-state index in [4.69, 9.17) is 51.1 Å². The van der Waals surface area contributed by atoms with E-state index in [0.29, 0.717) is 31.0 Å². The highest BCUT2D eigenvalue weighted by atomic mass is 35.5. The third-order valence-electron chi connectivity index (χ3n) is 3.17. The molecule has 5 nitrogen and oxygen atoms in total. The molecular weight excluding hydrogens is 428 g/mol. The van der Waals surface area contributed by atoms with Crippen LogP contribution < -0.4 is 9.46 Å². The largest absolute Gasteiger partial charge is 0.478 e. The zero-order chi connectivity index (χ0) is 18.1. The molecule has 1 aromatic heterocycles. The van der Waals surface area contributed by atoms with Crippen molar-refractivity contribution in [2.45, 2.75) is 4.90 Å². The molecule has 0 radical (unpaired) electrons. The normalized spacial score (nSPS) is 12.2. The first-order valence-corrected chi connectivity index (χ1v) is 9.40. The summed E-state index contributed by atoms with van der Waals surface area (Å²) in [4.78, 5) is 8.97. The number of nitrogens with zero attached hydrogens (tertiary/aromatic N) is 2. The molecule has 3 rings (SSSR count). The van der Waals surface area contributed by atoms with E-state index in [9.17, 15) is 4.21 Å². The van der Waals surface area contributed by atoms with Gasteiger partial charge in [-0.05, 0) is 24.3 Å². The van der Waals surface area contributed by atoms with Crippen molar-refractivity contribution >= 4 is 74.2 Å². The first kappa shape index (κ1) is 18.5. The van der Waals surface area contributed by atoms with Crippen molar-refractivity contribution in [1.82, 2.24) is 9.97 Å². The van der Waals surface area contributed by atoms with E-state index in [1.165, 1.54) is 7.11 Å². The van der Waals surface area contributed by atoms with Gasteiger partial charge in [-0.15, -0.1) is 0 Å². The molecule has 0 aliphatic carbocycles. The zero-order valence-corrected chi connectivity index (χ0v) is 16.4. The highest BCUT2D eigenvalue weighted by molar-refractivity contribution is 7.86. The number of nitrogens with one attached hydrogen (secondary N) is 1. The van der Waals surface area contributed by atoms with Gasteiger partial charge in [0, 0.05) is 0 Å². The first-order valence-electron chi connectivity index (χ1n) is 6.74. The molecule has 10 heteroatoms. The van der Waals surface area contributed by atoms with Gasteiger partial charge in [-0.2, -0.15) is 0 Å². The van der Waals surface area contributed by atoms with Crippen LogP contribution in [0.4, 0.5) is 5.82 Å². The Morgan fingerprint density at radius 3 is 2.28 bits per heavy atom. The lowest BCUT2D eigenvalue weighted by Gasteiger charge is -2.11. The summed E-state index contributed by atoms with van der Waals surface area (Å²) < 4.78 is 20.5. The molecule has 1 unspecified atom stereocenters. The number of hydrogen-bond acceptors (Lipinski definition) is 4. The summed E-state index contributed by atoms with van der Waals surface area (Å²) in [7, 11) is -0.304. The molecule has 0 aliphatic rings. The molecule has 3 aromatic rings. The zero-order valence-electron chi connectivity index (χ0n) is 12.5. The first-order chi connectivity index (χ1) is 11.9. The number of halogens is 4. The van der Waals surface area contributed by atoms with Gasteiger partial charge in [0.1, 0.15) is 0 Å². The lowest BCUT2D eigenvalue weighted by atomic mass is 10.3. The molecule has 2 aromatic carbocycles. The van der Waals surface area contributed by atoms with Crippen LogP contribution in [0.1, 0.15) is 0 Å². The van der Waals surface area contributed by atoms with Crippen LogP contribution in [0, 0.1) is 0 Å². The van der Waals surface area contributed by atoms with Gasteiger partial charge in [-0.3, -0.25) is 4.72 Å². The van der Waals surface area contributed by atoms with Gasteiger partial charge in [0.25, 0.3) is 5.88 Å². The summed E-state index contributed by atoms with van der Waals surface area (Å²) in [6.45, 7) is 0. The summed E-state index contributed by atoms with van der Waals surface area (Å²) in [5.74, 6) is 0.320. The van der Waals surface area contributed by atoms with E-state index >= 15 is 0 Å². The fraction of sp³-hybridized carbons (Fsp3) is 0.0667. The van der Waals surface area contributed by atoms with Crippen molar-refractivity contribution in [3.63, 3.8) is 0 Å². The van der Waals surface area contributed by atoms with Crippen molar-refractivity contribution in [3.8, 4) is 5.88 Å². The minimum atomic E-state index is -1.73. The molecule has 0 spiro atoms. The number of methoxy groups -OCH3 is 1. The average molecular weight is 437 g/mol. The molecule has 25 heavy (non-hydrogen) atoms. The lowest BCUT2D eigenvalue weighted by molar-refractivity contribution is 0.400. The minimum Gasteiger partial charge on any atom is -0.478 e. The number of hydrogen-bond donors (Lipinski definition) is 1. The van der Waals surface area contributed by atoms with Crippen molar-refractivity contribution < 1.29 is 8.95 Å². The Morgan fingerprint density at radius 2 is 1.64 bits per heavy atom.